The number of allylic oxidation sites excluding steroid dienone is 1. The Bertz CT molecular complexity index is 1270. The molecule has 0 aromatic heterocycles. The van der Waals surface area contributed by atoms with Crippen molar-refractivity contribution in [1.29, 1.82) is 0 Å². The predicted octanol–water partition coefficient (Wildman–Crippen LogP) is 5.26. The molecule has 1 aliphatic rings. The van der Waals surface area contributed by atoms with Gasteiger partial charge < -0.3 is 9.46 Å². The van der Waals surface area contributed by atoms with E-state index in [0.29, 0.717) is 28.3 Å². The van der Waals surface area contributed by atoms with Crippen LogP contribution in [0.5, 0.6) is 5.75 Å². The molecule has 0 aliphatic carbocycles. The van der Waals surface area contributed by atoms with E-state index in [1.54, 1.807) is 49.6 Å². The van der Waals surface area contributed by atoms with Crippen molar-refractivity contribution in [2.24, 2.45) is 0 Å². The predicted molar refractivity (Wildman–Crippen MR) is 126 cm³/mol. The van der Waals surface area contributed by atoms with Crippen LogP contribution in [-0.2, 0) is 17.4 Å². The summed E-state index contributed by atoms with van der Waals surface area (Å²) in [4.78, 5) is 13.2. The van der Waals surface area contributed by atoms with Gasteiger partial charge in [0.2, 0.25) is 5.78 Å². The second kappa shape index (κ2) is 9.22. The summed E-state index contributed by atoms with van der Waals surface area (Å²) in [5.41, 5.74) is 3.49. The number of nitrogens with one attached hydrogen (secondary N) is 1. The highest BCUT2D eigenvalue weighted by Crippen LogP contribution is 2.29. The van der Waals surface area contributed by atoms with Crippen LogP contribution in [-0.4, -0.2) is 17.1 Å². The summed E-state index contributed by atoms with van der Waals surface area (Å²) in [6.07, 6.45) is 2.18. The van der Waals surface area contributed by atoms with E-state index in [9.17, 15) is 9.00 Å². The number of hydrogen-bond acceptors (Lipinski definition) is 3. The molecule has 0 radical (unpaired) electrons. The van der Waals surface area contributed by atoms with Crippen molar-refractivity contribution < 1.29 is 13.7 Å². The number of ether oxygens (including phenoxy) is 1. The van der Waals surface area contributed by atoms with E-state index >= 15 is 0 Å². The zero-order valence-corrected chi connectivity index (χ0v) is 18.2. The van der Waals surface area contributed by atoms with Crippen LogP contribution in [0.1, 0.15) is 27.0 Å². The Morgan fingerprint density at radius 3 is 2.65 bits per heavy atom. The lowest BCUT2D eigenvalue weighted by Gasteiger charge is -2.19. The van der Waals surface area contributed by atoms with Crippen molar-refractivity contribution in [3.8, 4) is 17.6 Å². The average Bonchev–Trinajstić information content (AvgIpc) is 2.77. The Balaban J connectivity index is 1.58. The molecule has 4 rings (SSSR count). The highest BCUT2D eigenvalue weighted by atomic mass is 35.5. The zero-order chi connectivity index (χ0) is 21.8. The Hall–Kier alpha value is -3.33. The molecule has 1 aliphatic heterocycles. The minimum atomic E-state index is -1.64. The Labute approximate surface area is 188 Å². The molecule has 0 saturated carbocycles. The Morgan fingerprint density at radius 1 is 1.10 bits per heavy atom. The number of benzene rings is 3. The van der Waals surface area contributed by atoms with Crippen molar-refractivity contribution in [2.75, 3.05) is 11.8 Å². The van der Waals surface area contributed by atoms with E-state index in [-0.39, 0.29) is 10.7 Å². The molecule has 3 aromatic rings. The molecule has 0 spiro atoms. The number of fused-ring (bicyclic) bond motifs is 1. The molecule has 4 nitrogen and oxygen atoms in total. The molecule has 0 saturated heterocycles. The lowest BCUT2D eigenvalue weighted by molar-refractivity contribution is 0.104. The minimum absolute atomic E-state index is 0.179. The van der Waals surface area contributed by atoms with Crippen molar-refractivity contribution >= 4 is 40.1 Å². The minimum Gasteiger partial charge on any atom is -0.497 e. The summed E-state index contributed by atoms with van der Waals surface area (Å²) in [6, 6.07) is 20.1. The summed E-state index contributed by atoms with van der Waals surface area (Å²) >= 11 is 6.02. The van der Waals surface area contributed by atoms with Gasteiger partial charge in [0, 0.05) is 22.6 Å². The molecule has 31 heavy (non-hydrogen) atoms. The van der Waals surface area contributed by atoms with Crippen molar-refractivity contribution in [3.63, 3.8) is 0 Å². The highest BCUT2D eigenvalue weighted by Gasteiger charge is 2.27. The Kier molecular flexibility index (Phi) is 6.22. The SMILES string of the molecule is COc1ccc(CC#Cc2ccc3c(c2)C(=O)/C(=C/c2cccc(Cl)c2)S(=O)N3)cc1. The van der Waals surface area contributed by atoms with E-state index in [0.717, 1.165) is 16.9 Å². The molecule has 6 heteroatoms. The van der Waals surface area contributed by atoms with Crippen LogP contribution >= 0.6 is 11.6 Å². The van der Waals surface area contributed by atoms with Crippen molar-refractivity contribution in [1.82, 2.24) is 0 Å². The van der Waals surface area contributed by atoms with E-state index in [1.165, 1.54) is 0 Å². The summed E-state index contributed by atoms with van der Waals surface area (Å²) in [6.45, 7) is 0. The number of rotatable bonds is 3. The molecular weight excluding hydrogens is 430 g/mol. The van der Waals surface area contributed by atoms with Gasteiger partial charge in [-0.3, -0.25) is 4.79 Å². The van der Waals surface area contributed by atoms with Crippen LogP contribution in [0.2, 0.25) is 5.02 Å². The molecule has 1 N–H and O–H groups in total. The van der Waals surface area contributed by atoms with E-state index in [2.05, 4.69) is 16.6 Å². The summed E-state index contributed by atoms with van der Waals surface area (Å²) in [5, 5.41) is 0.547. The number of halogens is 1. The largest absolute Gasteiger partial charge is 0.497 e. The third kappa shape index (κ3) is 4.88. The highest BCUT2D eigenvalue weighted by molar-refractivity contribution is 7.91. The molecule has 0 bridgehead atoms. The van der Waals surface area contributed by atoms with E-state index in [1.807, 2.05) is 30.3 Å². The molecule has 0 amide bonds. The fraction of sp³-hybridized carbons (Fsp3) is 0.0800. The van der Waals surface area contributed by atoms with Crippen LogP contribution in [0, 0.1) is 11.8 Å². The normalized spacial score (nSPS) is 16.1. The molecule has 0 fully saturated rings. The van der Waals surface area contributed by atoms with Gasteiger partial charge in [-0.2, -0.15) is 0 Å². The van der Waals surface area contributed by atoms with Crippen LogP contribution in [0.3, 0.4) is 0 Å². The first-order valence-electron chi connectivity index (χ1n) is 9.50. The van der Waals surface area contributed by atoms with E-state index in [4.69, 9.17) is 16.3 Å². The van der Waals surface area contributed by atoms with Crippen molar-refractivity contribution in [3.05, 3.63) is 98.9 Å². The monoisotopic (exact) mass is 447 g/mol. The number of carbonyl (C=O) groups is 1. The van der Waals surface area contributed by atoms with Gasteiger partial charge in [-0.1, -0.05) is 47.7 Å². The number of ketones is 1. The second-order valence-electron chi connectivity index (χ2n) is 6.85. The standard InChI is InChI=1S/C25H18ClNO3S/c1-30-21-11-8-17(9-12-21)4-2-5-18-10-13-23-22(15-18)25(28)24(31(29)27-23)16-19-6-3-7-20(26)14-19/h3,6-16,27H,4H2,1H3/b24-16-. The molecule has 1 heterocycles. The van der Waals surface area contributed by atoms with E-state index < -0.39 is 11.0 Å². The third-order valence-corrected chi connectivity index (χ3v) is 6.06. The number of methoxy groups -OCH3 is 1. The van der Waals surface area contributed by atoms with Crippen LogP contribution in [0.25, 0.3) is 6.08 Å². The van der Waals surface area contributed by atoms with Crippen molar-refractivity contribution in [2.45, 2.75) is 6.42 Å². The maximum atomic E-state index is 13.0. The van der Waals surface area contributed by atoms with Gasteiger partial charge in [-0.25, -0.2) is 4.21 Å². The fourth-order valence-electron chi connectivity index (χ4n) is 3.13. The summed E-state index contributed by atoms with van der Waals surface area (Å²) in [5.74, 6) is 6.75. The topological polar surface area (TPSA) is 55.4 Å². The average molecular weight is 448 g/mol. The zero-order valence-electron chi connectivity index (χ0n) is 16.6. The Morgan fingerprint density at radius 2 is 1.90 bits per heavy atom. The molecule has 154 valence electrons. The van der Waals surface area contributed by atoms with Gasteiger partial charge in [0.05, 0.1) is 12.8 Å². The third-order valence-electron chi connectivity index (χ3n) is 4.72. The first-order valence-corrected chi connectivity index (χ1v) is 11.0. The number of Topliss-reactive ketones (excluding diaryl/α,β-unsaturated/α-hetero) is 1. The van der Waals surface area contributed by atoms with Gasteiger partial charge in [-0.15, -0.1) is 0 Å². The fourth-order valence-corrected chi connectivity index (χ4v) is 4.34. The molecule has 3 aromatic carbocycles. The maximum absolute atomic E-state index is 13.0. The lowest BCUT2D eigenvalue weighted by atomic mass is 10.0. The first kappa shape index (κ1) is 20.9. The number of carbonyl (C=O) groups excluding carboxylic acids is 1. The van der Waals surface area contributed by atoms with Gasteiger partial charge in [0.1, 0.15) is 10.7 Å². The molecule has 1 unspecified atom stereocenters. The van der Waals surface area contributed by atoms with Gasteiger partial charge >= 0.3 is 0 Å². The number of hydrogen-bond donors (Lipinski definition) is 1. The second-order valence-corrected chi connectivity index (χ2v) is 8.47. The smallest absolute Gasteiger partial charge is 0.205 e. The van der Waals surface area contributed by atoms with Crippen LogP contribution in [0.4, 0.5) is 5.69 Å². The van der Waals surface area contributed by atoms with Crippen LogP contribution in [0.15, 0.2) is 71.6 Å². The summed E-state index contributed by atoms with van der Waals surface area (Å²) < 4.78 is 20.6. The van der Waals surface area contributed by atoms with Gasteiger partial charge in [0.15, 0.2) is 11.0 Å². The maximum Gasteiger partial charge on any atom is 0.205 e. The van der Waals surface area contributed by atoms with Gasteiger partial charge in [0.25, 0.3) is 0 Å². The molecular formula is C25H18ClNO3S. The molecule has 1 atom stereocenters. The first-order chi connectivity index (χ1) is 15.0. The van der Waals surface area contributed by atoms with Gasteiger partial charge in [-0.05, 0) is 59.7 Å². The van der Waals surface area contributed by atoms with Crippen LogP contribution < -0.4 is 9.46 Å². The summed E-state index contributed by atoms with van der Waals surface area (Å²) in [7, 11) is -0.0129. The lowest BCUT2D eigenvalue weighted by Crippen LogP contribution is -2.22. The number of anilines is 1. The quantitative estimate of drug-likeness (QED) is 0.440.